The van der Waals surface area contributed by atoms with E-state index in [4.69, 9.17) is 0 Å². The fourth-order valence-corrected chi connectivity index (χ4v) is 3.63. The van der Waals surface area contributed by atoms with Gasteiger partial charge in [0.25, 0.3) is 0 Å². The van der Waals surface area contributed by atoms with Gasteiger partial charge in [0.05, 0.1) is 17.1 Å². The van der Waals surface area contributed by atoms with E-state index in [9.17, 15) is 9.59 Å². The lowest BCUT2D eigenvalue weighted by Crippen LogP contribution is -2.43. The number of hydrogen-bond donors (Lipinski definition) is 1. The normalized spacial score (nSPS) is 16.0. The molecule has 0 fully saturated rings. The summed E-state index contributed by atoms with van der Waals surface area (Å²) >= 11 is 0. The van der Waals surface area contributed by atoms with Gasteiger partial charge in [-0.2, -0.15) is 5.10 Å². The highest BCUT2D eigenvalue weighted by Crippen LogP contribution is 2.26. The van der Waals surface area contributed by atoms with Crippen molar-refractivity contribution in [2.75, 3.05) is 13.1 Å². The number of carbonyl (C=O) groups excluding carboxylic acids is 2. The van der Waals surface area contributed by atoms with Gasteiger partial charge in [0.15, 0.2) is 0 Å². The fourth-order valence-electron chi connectivity index (χ4n) is 3.63. The highest BCUT2D eigenvalue weighted by Gasteiger charge is 2.32. The zero-order valence-electron chi connectivity index (χ0n) is 15.8. The van der Waals surface area contributed by atoms with Crippen LogP contribution in [0.4, 0.5) is 0 Å². The SMILES string of the molecule is CC(=O)N1Cc2cccnc2C(C(=O)NCCCn2cc3ccccc3n2)C1. The molecule has 2 aromatic heterocycles. The summed E-state index contributed by atoms with van der Waals surface area (Å²) in [6.45, 7) is 3.69. The second kappa shape index (κ2) is 7.80. The van der Waals surface area contributed by atoms with Crippen LogP contribution in [0.5, 0.6) is 0 Å². The lowest BCUT2D eigenvalue weighted by atomic mass is 9.94. The number of nitrogens with zero attached hydrogens (tertiary/aromatic N) is 4. The Bertz CT molecular complexity index is 980. The predicted octanol–water partition coefficient (Wildman–Crippen LogP) is 2.08. The molecule has 1 N–H and O–H groups in total. The summed E-state index contributed by atoms with van der Waals surface area (Å²) < 4.78 is 1.91. The van der Waals surface area contributed by atoms with Crippen LogP contribution in [0.15, 0.2) is 48.8 Å². The van der Waals surface area contributed by atoms with Crippen LogP contribution >= 0.6 is 0 Å². The summed E-state index contributed by atoms with van der Waals surface area (Å²) in [5.74, 6) is -0.546. The summed E-state index contributed by atoms with van der Waals surface area (Å²) in [7, 11) is 0. The Kier molecular flexibility index (Phi) is 5.06. The van der Waals surface area contributed by atoms with Gasteiger partial charge in [0, 0.05) is 50.9 Å². The third-order valence-electron chi connectivity index (χ3n) is 5.11. The molecule has 3 heterocycles. The summed E-state index contributed by atoms with van der Waals surface area (Å²) in [5, 5.41) is 8.64. The van der Waals surface area contributed by atoms with E-state index in [1.165, 1.54) is 6.92 Å². The molecule has 1 aliphatic heterocycles. The molecule has 0 radical (unpaired) electrons. The number of aromatic nitrogens is 3. The van der Waals surface area contributed by atoms with Crippen LogP contribution in [0, 0.1) is 0 Å². The quantitative estimate of drug-likeness (QED) is 0.691. The first kappa shape index (κ1) is 18.2. The predicted molar refractivity (Wildman–Crippen MR) is 105 cm³/mol. The maximum absolute atomic E-state index is 12.8. The van der Waals surface area contributed by atoms with E-state index in [0.29, 0.717) is 19.6 Å². The van der Waals surface area contributed by atoms with Crippen molar-refractivity contribution in [2.45, 2.75) is 32.4 Å². The van der Waals surface area contributed by atoms with E-state index in [2.05, 4.69) is 15.4 Å². The Labute approximate surface area is 163 Å². The third kappa shape index (κ3) is 3.74. The second-order valence-corrected chi connectivity index (χ2v) is 7.10. The molecule has 1 atom stereocenters. The molecule has 4 rings (SSSR count). The number of rotatable bonds is 5. The van der Waals surface area contributed by atoms with Gasteiger partial charge < -0.3 is 10.2 Å². The van der Waals surface area contributed by atoms with Gasteiger partial charge in [-0.15, -0.1) is 0 Å². The Morgan fingerprint density at radius 1 is 1.21 bits per heavy atom. The number of amides is 2. The molecule has 0 spiro atoms. The van der Waals surface area contributed by atoms with Crippen LogP contribution < -0.4 is 5.32 Å². The minimum absolute atomic E-state index is 0.0296. The zero-order chi connectivity index (χ0) is 19.5. The first-order chi connectivity index (χ1) is 13.6. The van der Waals surface area contributed by atoms with Gasteiger partial charge in [0.1, 0.15) is 0 Å². The largest absolute Gasteiger partial charge is 0.355 e. The van der Waals surface area contributed by atoms with Crippen molar-refractivity contribution in [1.82, 2.24) is 25.0 Å². The Balaban J connectivity index is 1.36. The van der Waals surface area contributed by atoms with Crippen LogP contribution in [-0.4, -0.2) is 44.6 Å². The summed E-state index contributed by atoms with van der Waals surface area (Å²) in [5.41, 5.74) is 2.68. The minimum Gasteiger partial charge on any atom is -0.355 e. The number of benzene rings is 1. The van der Waals surface area contributed by atoms with Crippen LogP contribution in [0.2, 0.25) is 0 Å². The first-order valence-electron chi connectivity index (χ1n) is 9.51. The van der Waals surface area contributed by atoms with E-state index < -0.39 is 5.92 Å². The molecule has 7 nitrogen and oxygen atoms in total. The van der Waals surface area contributed by atoms with Crippen molar-refractivity contribution in [1.29, 1.82) is 0 Å². The first-order valence-corrected chi connectivity index (χ1v) is 9.51. The molecular formula is C21H23N5O2. The van der Waals surface area contributed by atoms with E-state index >= 15 is 0 Å². The highest BCUT2D eigenvalue weighted by atomic mass is 16.2. The second-order valence-electron chi connectivity index (χ2n) is 7.10. The van der Waals surface area contributed by atoms with Crippen molar-refractivity contribution in [3.05, 3.63) is 60.0 Å². The van der Waals surface area contributed by atoms with Crippen LogP contribution in [0.1, 0.15) is 30.5 Å². The molecule has 144 valence electrons. The van der Waals surface area contributed by atoms with E-state index in [0.717, 1.165) is 35.1 Å². The van der Waals surface area contributed by atoms with Crippen molar-refractivity contribution < 1.29 is 9.59 Å². The van der Waals surface area contributed by atoms with E-state index in [-0.39, 0.29) is 11.8 Å². The van der Waals surface area contributed by atoms with Crippen molar-refractivity contribution in [2.24, 2.45) is 0 Å². The lowest BCUT2D eigenvalue weighted by Gasteiger charge is -2.32. The topological polar surface area (TPSA) is 80.1 Å². The van der Waals surface area contributed by atoms with Crippen molar-refractivity contribution >= 4 is 22.7 Å². The summed E-state index contributed by atoms with van der Waals surface area (Å²) in [6, 6.07) is 11.8. The van der Waals surface area contributed by atoms with Crippen molar-refractivity contribution in [3.8, 4) is 0 Å². The number of pyridine rings is 1. The Morgan fingerprint density at radius 2 is 2.07 bits per heavy atom. The fraction of sp³-hybridized carbons (Fsp3) is 0.333. The molecule has 2 amide bonds. The van der Waals surface area contributed by atoms with Crippen LogP contribution in [-0.2, 0) is 22.7 Å². The smallest absolute Gasteiger partial charge is 0.230 e. The van der Waals surface area contributed by atoms with Crippen molar-refractivity contribution in [3.63, 3.8) is 0 Å². The van der Waals surface area contributed by atoms with Crippen LogP contribution in [0.25, 0.3) is 10.9 Å². The monoisotopic (exact) mass is 377 g/mol. The van der Waals surface area contributed by atoms with Gasteiger partial charge in [-0.05, 0) is 24.1 Å². The standard InChI is InChI=1S/C21H23N5O2/c1-15(27)25-12-17-7-4-9-22-20(17)18(14-25)21(28)23-10-5-11-26-13-16-6-2-3-8-19(16)24-26/h2-4,6-9,13,18H,5,10-12,14H2,1H3,(H,23,28). The maximum atomic E-state index is 12.8. The van der Waals surface area contributed by atoms with E-state index in [1.807, 2.05) is 47.3 Å². The highest BCUT2D eigenvalue weighted by molar-refractivity contribution is 5.85. The van der Waals surface area contributed by atoms with Gasteiger partial charge >= 0.3 is 0 Å². The number of carbonyl (C=O) groups is 2. The van der Waals surface area contributed by atoms with Crippen LogP contribution in [0.3, 0.4) is 0 Å². The molecule has 1 aromatic carbocycles. The zero-order valence-corrected chi connectivity index (χ0v) is 15.8. The third-order valence-corrected chi connectivity index (χ3v) is 5.11. The molecule has 0 saturated carbocycles. The number of aryl methyl sites for hydroxylation is 1. The van der Waals surface area contributed by atoms with Gasteiger partial charge in [-0.3, -0.25) is 19.3 Å². The van der Waals surface area contributed by atoms with E-state index in [1.54, 1.807) is 11.1 Å². The summed E-state index contributed by atoms with van der Waals surface area (Å²) in [6.07, 6.45) is 4.49. The number of nitrogens with one attached hydrogen (secondary N) is 1. The molecule has 0 aliphatic carbocycles. The number of hydrogen-bond acceptors (Lipinski definition) is 4. The number of fused-ring (bicyclic) bond motifs is 2. The molecule has 28 heavy (non-hydrogen) atoms. The Morgan fingerprint density at radius 3 is 2.89 bits per heavy atom. The molecule has 1 aliphatic rings. The molecular weight excluding hydrogens is 354 g/mol. The van der Waals surface area contributed by atoms with Gasteiger partial charge in [-0.1, -0.05) is 24.3 Å². The van der Waals surface area contributed by atoms with Gasteiger partial charge in [0.2, 0.25) is 11.8 Å². The average molecular weight is 377 g/mol. The molecule has 1 unspecified atom stereocenters. The molecule has 7 heteroatoms. The minimum atomic E-state index is -0.429. The maximum Gasteiger partial charge on any atom is 0.230 e. The molecule has 0 bridgehead atoms. The average Bonchev–Trinajstić information content (AvgIpc) is 3.13. The summed E-state index contributed by atoms with van der Waals surface area (Å²) in [4.78, 5) is 30.7. The lowest BCUT2D eigenvalue weighted by molar-refractivity contribution is -0.131. The molecule has 3 aromatic rings. The Hall–Kier alpha value is -3.22. The van der Waals surface area contributed by atoms with Gasteiger partial charge in [-0.25, -0.2) is 0 Å². The molecule has 0 saturated heterocycles.